The minimum Gasteiger partial charge on any atom is -0.507 e. The number of halogens is 2. The molecule has 0 aliphatic heterocycles. The van der Waals surface area contributed by atoms with Gasteiger partial charge in [-0.15, -0.1) is 0 Å². The van der Waals surface area contributed by atoms with Crippen molar-refractivity contribution in [3.63, 3.8) is 0 Å². The number of aromatic hydroxyl groups is 5. The zero-order valence-corrected chi connectivity index (χ0v) is 47.5. The van der Waals surface area contributed by atoms with E-state index in [0.717, 1.165) is 25.6 Å². The average molecular weight is 1220 g/mol. The van der Waals surface area contributed by atoms with Crippen molar-refractivity contribution in [2.45, 2.75) is 20.8 Å². The van der Waals surface area contributed by atoms with Crippen LogP contribution in [0, 0.1) is 20.8 Å². The van der Waals surface area contributed by atoms with Gasteiger partial charge in [-0.05, 0) is 159 Å². The van der Waals surface area contributed by atoms with E-state index in [0.29, 0.717) is 45.7 Å². The molecule has 0 heterocycles. The highest BCUT2D eigenvalue weighted by Gasteiger charge is 2.18. The standard InChI is InChI=1S/C20H17NO3.C15H14BrNO3.C14H12BrNO3.C14H13NO3/c1-14-11-12-16(18(22)13-14)20(23)21-17-9-5-6-10-19(17)24-15-7-3-2-4-8-15;1-9-3-6-14(20-2)12(7-9)17-15(19)11-8-10(16)4-5-13(11)18;1-19-13-5-3-2-4-11(13)16-14(18)10-8-9(15)6-7-12(10)17;1-9-6-7-10(13(17)8-9)14(18)15-11-4-2-3-5-12(11)16/h2-13,22H,1H3,(H,21,23);3-8,18H,1-2H3,(H,17,19);2-8,17H,1H3,(H,16,18);2-8,16-17H,1H3,(H,15,18). The van der Waals surface area contributed by atoms with Crippen molar-refractivity contribution in [1.29, 1.82) is 0 Å². The number of carbonyl (C=O) groups excluding carboxylic acids is 4. The maximum absolute atomic E-state index is 12.4. The van der Waals surface area contributed by atoms with Crippen LogP contribution in [0.5, 0.6) is 51.7 Å². The van der Waals surface area contributed by atoms with Crippen LogP contribution >= 0.6 is 31.9 Å². The van der Waals surface area contributed by atoms with Crippen LogP contribution in [-0.2, 0) is 0 Å². The molecule has 0 bridgehead atoms. The molecule has 0 aromatic heterocycles. The van der Waals surface area contributed by atoms with Gasteiger partial charge in [0.05, 0.1) is 59.2 Å². The van der Waals surface area contributed by atoms with E-state index in [2.05, 4.69) is 53.1 Å². The fraction of sp³-hybridized carbons (Fsp3) is 0.0794. The van der Waals surface area contributed by atoms with Gasteiger partial charge >= 0.3 is 0 Å². The van der Waals surface area contributed by atoms with Crippen LogP contribution in [0.2, 0.25) is 0 Å². The van der Waals surface area contributed by atoms with Crippen LogP contribution in [0.3, 0.4) is 0 Å². The Morgan fingerprint density at radius 1 is 0.346 bits per heavy atom. The number of amides is 4. The molecule has 0 aliphatic carbocycles. The molecule has 0 fully saturated rings. The Kier molecular flexibility index (Phi) is 21.8. The predicted molar refractivity (Wildman–Crippen MR) is 321 cm³/mol. The molecular weight excluding hydrogens is 1160 g/mol. The van der Waals surface area contributed by atoms with Crippen molar-refractivity contribution >= 4 is 78.2 Å². The smallest absolute Gasteiger partial charge is 0.259 e. The zero-order valence-electron chi connectivity index (χ0n) is 44.3. The monoisotopic (exact) mass is 1220 g/mol. The van der Waals surface area contributed by atoms with Gasteiger partial charge in [0.25, 0.3) is 23.6 Å². The lowest BCUT2D eigenvalue weighted by molar-refractivity contribution is 0.101. The van der Waals surface area contributed by atoms with Crippen molar-refractivity contribution in [3.05, 3.63) is 242 Å². The fourth-order valence-corrected chi connectivity index (χ4v) is 8.05. The number of benzene rings is 9. The Bertz CT molecular complexity index is 3670. The van der Waals surface area contributed by atoms with Gasteiger partial charge in [0.1, 0.15) is 46.0 Å². The average Bonchev–Trinajstić information content (AvgIpc) is 3.45. The number of carbonyl (C=O) groups is 4. The number of phenolic OH excluding ortho intramolecular Hbond substituents is 5. The van der Waals surface area contributed by atoms with Crippen molar-refractivity contribution in [3.8, 4) is 51.7 Å². The summed E-state index contributed by atoms with van der Waals surface area (Å²) in [5.41, 5.74) is 5.49. The van der Waals surface area contributed by atoms with Crippen molar-refractivity contribution < 1.29 is 58.9 Å². The van der Waals surface area contributed by atoms with Crippen molar-refractivity contribution in [2.24, 2.45) is 0 Å². The molecule has 9 aromatic rings. The normalized spacial score (nSPS) is 10.1. The highest BCUT2D eigenvalue weighted by molar-refractivity contribution is 9.10. The first-order valence-electron chi connectivity index (χ1n) is 24.5. The third-order valence-corrected chi connectivity index (χ3v) is 12.4. The molecule has 0 aliphatic rings. The van der Waals surface area contributed by atoms with E-state index in [-0.39, 0.29) is 51.0 Å². The Labute approximate surface area is 484 Å². The number of rotatable bonds is 12. The van der Waals surface area contributed by atoms with Gasteiger partial charge in [-0.25, -0.2) is 0 Å². The van der Waals surface area contributed by atoms with Crippen molar-refractivity contribution in [2.75, 3.05) is 35.5 Å². The molecule has 0 saturated carbocycles. The second kappa shape index (κ2) is 29.3. The summed E-state index contributed by atoms with van der Waals surface area (Å²) in [6.07, 6.45) is 0. The molecule has 18 heteroatoms. The summed E-state index contributed by atoms with van der Waals surface area (Å²) in [7, 11) is 3.07. The Morgan fingerprint density at radius 2 is 0.728 bits per heavy atom. The number of ether oxygens (including phenoxy) is 3. The lowest BCUT2D eigenvalue weighted by Crippen LogP contribution is -2.13. The molecule has 414 valence electrons. The summed E-state index contributed by atoms with van der Waals surface area (Å²) in [4.78, 5) is 48.7. The number of methoxy groups -OCH3 is 2. The van der Waals surface area contributed by atoms with Crippen LogP contribution in [-0.4, -0.2) is 63.4 Å². The molecule has 0 spiro atoms. The Morgan fingerprint density at radius 3 is 1.22 bits per heavy atom. The van der Waals surface area contributed by atoms with Crippen LogP contribution in [0.1, 0.15) is 58.1 Å². The highest BCUT2D eigenvalue weighted by atomic mass is 79.9. The van der Waals surface area contributed by atoms with Gasteiger partial charge in [0.15, 0.2) is 5.75 Å². The maximum Gasteiger partial charge on any atom is 0.259 e. The molecule has 0 atom stereocenters. The molecule has 4 amide bonds. The minimum absolute atomic E-state index is 0.0162. The summed E-state index contributed by atoms with van der Waals surface area (Å²) in [6, 6.07) is 54.6. The van der Waals surface area contributed by atoms with E-state index in [1.54, 1.807) is 109 Å². The third-order valence-electron chi connectivity index (χ3n) is 11.4. The molecule has 9 aromatic carbocycles. The lowest BCUT2D eigenvalue weighted by Gasteiger charge is -2.13. The summed E-state index contributed by atoms with van der Waals surface area (Å²) in [6.45, 7) is 5.60. The highest BCUT2D eigenvalue weighted by Crippen LogP contribution is 2.33. The molecule has 0 unspecified atom stereocenters. The van der Waals surface area contributed by atoms with Crippen LogP contribution in [0.4, 0.5) is 22.7 Å². The summed E-state index contributed by atoms with van der Waals surface area (Å²) in [5, 5.41) is 59.4. The van der Waals surface area contributed by atoms with Crippen LogP contribution < -0.4 is 35.5 Å². The number of aryl methyl sites for hydroxylation is 3. The van der Waals surface area contributed by atoms with Gasteiger partial charge in [-0.1, -0.05) is 105 Å². The third kappa shape index (κ3) is 17.6. The van der Waals surface area contributed by atoms with Crippen LogP contribution in [0.25, 0.3) is 0 Å². The van der Waals surface area contributed by atoms with E-state index in [9.17, 15) is 44.7 Å². The molecule has 9 N–H and O–H groups in total. The molecule has 0 radical (unpaired) electrons. The summed E-state index contributed by atoms with van der Waals surface area (Å²) >= 11 is 6.54. The molecular formula is C63H56Br2N4O12. The number of anilines is 4. The fourth-order valence-electron chi connectivity index (χ4n) is 7.33. The lowest BCUT2D eigenvalue weighted by atomic mass is 10.1. The topological polar surface area (TPSA) is 245 Å². The number of hydrogen-bond acceptors (Lipinski definition) is 12. The number of nitrogens with one attached hydrogen (secondary N) is 4. The van der Waals surface area contributed by atoms with Gasteiger partial charge in [0, 0.05) is 8.95 Å². The maximum atomic E-state index is 12.4. The quantitative estimate of drug-likeness (QED) is 0.0519. The SMILES string of the molecule is COc1ccc(C)cc1NC(=O)c1cc(Br)ccc1O.COc1ccccc1NC(=O)c1cc(Br)ccc1O.Cc1ccc(C(=O)Nc2ccccc2O)c(O)c1.Cc1ccc(C(=O)Nc2ccccc2Oc2ccccc2)c(O)c1. The van der Waals surface area contributed by atoms with E-state index in [1.165, 1.54) is 38.5 Å². The summed E-state index contributed by atoms with van der Waals surface area (Å²) < 4.78 is 17.6. The predicted octanol–water partition coefficient (Wildman–Crippen LogP) is 14.5. The number of hydrogen-bond donors (Lipinski definition) is 9. The summed E-state index contributed by atoms with van der Waals surface area (Å²) in [5.74, 6) is 0.397. The molecule has 81 heavy (non-hydrogen) atoms. The van der Waals surface area contributed by atoms with E-state index >= 15 is 0 Å². The van der Waals surface area contributed by atoms with E-state index in [4.69, 9.17) is 14.2 Å². The van der Waals surface area contributed by atoms with Gasteiger partial charge < -0.3 is 61.0 Å². The number of para-hydroxylation sites is 7. The van der Waals surface area contributed by atoms with E-state index in [1.807, 2.05) is 81.4 Å². The van der Waals surface area contributed by atoms with Gasteiger partial charge in [0.2, 0.25) is 0 Å². The largest absolute Gasteiger partial charge is 0.507 e. The van der Waals surface area contributed by atoms with Crippen LogP contribution in [0.15, 0.2) is 203 Å². The molecule has 0 saturated heterocycles. The van der Waals surface area contributed by atoms with Crippen molar-refractivity contribution in [1.82, 2.24) is 0 Å². The number of phenols is 5. The van der Waals surface area contributed by atoms with Gasteiger partial charge in [-0.3, -0.25) is 19.2 Å². The molecule has 9 rings (SSSR count). The Balaban J connectivity index is 0.000000175. The first-order valence-corrected chi connectivity index (χ1v) is 26.1. The molecule has 16 nitrogen and oxygen atoms in total. The van der Waals surface area contributed by atoms with E-state index < -0.39 is 23.6 Å². The first-order chi connectivity index (χ1) is 38.8. The Hall–Kier alpha value is -9.78. The second-order valence-electron chi connectivity index (χ2n) is 17.5. The van der Waals surface area contributed by atoms with Gasteiger partial charge in [-0.2, -0.15) is 0 Å². The first kappa shape index (κ1) is 60.4. The zero-order chi connectivity index (χ0) is 58.6. The second-order valence-corrected chi connectivity index (χ2v) is 19.3. The minimum atomic E-state index is -0.464.